The number of aromatic nitrogens is 1. The van der Waals surface area contributed by atoms with Crippen molar-refractivity contribution in [2.75, 3.05) is 19.0 Å². The minimum absolute atomic E-state index is 0.152. The van der Waals surface area contributed by atoms with Crippen molar-refractivity contribution >= 4 is 11.7 Å². The fraction of sp³-hybridized carbons (Fsp3) is 0.182. The summed E-state index contributed by atoms with van der Waals surface area (Å²) in [6.07, 6.45) is 2.32. The van der Waals surface area contributed by atoms with E-state index in [2.05, 4.69) is 15.6 Å². The average Bonchev–Trinajstić information content (AvgIpc) is 2.74. The maximum Gasteiger partial charge on any atom is 0.251 e. The molecule has 2 N–H and O–H groups in total. The maximum atomic E-state index is 13.0. The summed E-state index contributed by atoms with van der Waals surface area (Å²) in [7, 11) is 1.63. The molecule has 0 radical (unpaired) electrons. The van der Waals surface area contributed by atoms with Gasteiger partial charge in [0, 0.05) is 24.8 Å². The summed E-state index contributed by atoms with van der Waals surface area (Å²) in [6.45, 7) is 1.03. The summed E-state index contributed by atoms with van der Waals surface area (Å²) in [4.78, 5) is 16.6. The Hall–Kier alpha value is -3.41. The van der Waals surface area contributed by atoms with E-state index in [1.54, 1.807) is 37.6 Å². The molecular formula is C22H22FN3O2. The van der Waals surface area contributed by atoms with Crippen LogP contribution < -0.4 is 15.4 Å². The highest BCUT2D eigenvalue weighted by atomic mass is 19.1. The van der Waals surface area contributed by atoms with Crippen LogP contribution in [0.25, 0.3) is 0 Å². The van der Waals surface area contributed by atoms with Crippen LogP contribution in [0.5, 0.6) is 5.75 Å². The lowest BCUT2D eigenvalue weighted by atomic mass is 10.1. The predicted octanol–water partition coefficient (Wildman–Crippen LogP) is 3.81. The van der Waals surface area contributed by atoms with E-state index in [-0.39, 0.29) is 11.7 Å². The number of nitrogens with zero attached hydrogens (tertiary/aromatic N) is 1. The molecule has 0 atom stereocenters. The number of nitrogens with one attached hydrogen (secondary N) is 2. The van der Waals surface area contributed by atoms with E-state index in [1.165, 1.54) is 12.1 Å². The third kappa shape index (κ3) is 5.54. The molecular weight excluding hydrogens is 357 g/mol. The number of amides is 1. The Morgan fingerprint density at radius 1 is 1.04 bits per heavy atom. The molecule has 1 aromatic heterocycles. The molecule has 0 spiro atoms. The molecule has 0 bridgehead atoms. The van der Waals surface area contributed by atoms with Crippen LogP contribution in [0.1, 0.15) is 21.5 Å². The number of carbonyl (C=O) groups is 1. The first-order chi connectivity index (χ1) is 13.6. The van der Waals surface area contributed by atoms with E-state index in [9.17, 15) is 9.18 Å². The Bertz CT molecular complexity index is 912. The summed E-state index contributed by atoms with van der Waals surface area (Å²) in [5.41, 5.74) is 2.58. The van der Waals surface area contributed by atoms with Crippen LogP contribution in [0.15, 0.2) is 66.9 Å². The van der Waals surface area contributed by atoms with Gasteiger partial charge >= 0.3 is 0 Å². The van der Waals surface area contributed by atoms with Crippen LogP contribution in [0.3, 0.4) is 0 Å². The molecule has 0 saturated heterocycles. The van der Waals surface area contributed by atoms with Crippen LogP contribution >= 0.6 is 0 Å². The largest absolute Gasteiger partial charge is 0.497 e. The highest BCUT2D eigenvalue weighted by molar-refractivity contribution is 5.94. The molecule has 3 aromatic rings. The minimum atomic E-state index is -0.268. The Balaban J connectivity index is 1.50. The normalized spacial score (nSPS) is 10.4. The van der Waals surface area contributed by atoms with Crippen LogP contribution in [-0.4, -0.2) is 24.5 Å². The average molecular weight is 379 g/mol. The van der Waals surface area contributed by atoms with E-state index >= 15 is 0 Å². The molecule has 1 heterocycles. The zero-order chi connectivity index (χ0) is 19.8. The van der Waals surface area contributed by atoms with E-state index in [4.69, 9.17) is 4.74 Å². The van der Waals surface area contributed by atoms with Crippen LogP contribution in [0, 0.1) is 5.82 Å². The van der Waals surface area contributed by atoms with Gasteiger partial charge < -0.3 is 15.4 Å². The van der Waals surface area contributed by atoms with Crippen molar-refractivity contribution in [3.05, 3.63) is 89.4 Å². The van der Waals surface area contributed by atoms with Crippen LogP contribution in [-0.2, 0) is 13.0 Å². The van der Waals surface area contributed by atoms with E-state index < -0.39 is 0 Å². The van der Waals surface area contributed by atoms with E-state index in [1.807, 2.05) is 24.3 Å². The molecule has 0 aliphatic rings. The van der Waals surface area contributed by atoms with E-state index in [0.29, 0.717) is 24.5 Å². The number of ether oxygens (including phenoxy) is 1. The second-order valence-electron chi connectivity index (χ2n) is 6.26. The topological polar surface area (TPSA) is 63.2 Å². The molecule has 28 heavy (non-hydrogen) atoms. The Morgan fingerprint density at radius 3 is 2.46 bits per heavy atom. The quantitative estimate of drug-likeness (QED) is 0.625. The number of methoxy groups -OCH3 is 1. The van der Waals surface area contributed by atoms with Crippen molar-refractivity contribution in [2.24, 2.45) is 0 Å². The second kappa shape index (κ2) is 9.50. The fourth-order valence-electron chi connectivity index (χ4n) is 2.68. The standard InChI is InChI=1S/C22H22FN3O2/c1-28-20-8-4-16(5-9-20)10-12-25-22(27)18-11-13-24-21(14-18)26-15-17-2-6-19(23)7-3-17/h2-9,11,13-14H,10,12,15H2,1H3,(H,24,26)(H,25,27). The third-order valence-electron chi connectivity index (χ3n) is 4.27. The summed E-state index contributed by atoms with van der Waals surface area (Å²) < 4.78 is 18.1. The summed E-state index contributed by atoms with van der Waals surface area (Å²) in [5.74, 6) is 0.980. The number of halogens is 1. The first kappa shape index (κ1) is 19.4. The van der Waals surface area contributed by atoms with Crippen molar-refractivity contribution in [1.82, 2.24) is 10.3 Å². The lowest BCUT2D eigenvalue weighted by Gasteiger charge is -2.09. The summed E-state index contributed by atoms with van der Waals surface area (Å²) in [6, 6.07) is 17.4. The Kier molecular flexibility index (Phi) is 6.57. The van der Waals surface area contributed by atoms with E-state index in [0.717, 1.165) is 23.3 Å². The molecule has 1 amide bonds. The van der Waals surface area contributed by atoms with Gasteiger partial charge in [0.15, 0.2) is 0 Å². The molecule has 2 aromatic carbocycles. The van der Waals surface area contributed by atoms with Gasteiger partial charge in [-0.3, -0.25) is 4.79 Å². The number of anilines is 1. The Morgan fingerprint density at radius 2 is 1.75 bits per heavy atom. The number of hydrogen-bond donors (Lipinski definition) is 2. The molecule has 0 fully saturated rings. The first-order valence-electron chi connectivity index (χ1n) is 8.99. The number of rotatable bonds is 8. The van der Waals surface area contributed by atoms with Gasteiger partial charge in [-0.2, -0.15) is 0 Å². The highest BCUT2D eigenvalue weighted by Gasteiger charge is 2.07. The molecule has 0 unspecified atom stereocenters. The van der Waals surface area contributed by atoms with Gasteiger partial charge in [0.1, 0.15) is 17.4 Å². The van der Waals surface area contributed by atoms with Crippen molar-refractivity contribution in [2.45, 2.75) is 13.0 Å². The van der Waals surface area contributed by atoms with Gasteiger partial charge in [0.05, 0.1) is 7.11 Å². The Labute approximate surface area is 163 Å². The molecule has 0 aliphatic carbocycles. The van der Waals surface area contributed by atoms with Gasteiger partial charge in [-0.1, -0.05) is 24.3 Å². The van der Waals surface area contributed by atoms with Crippen molar-refractivity contribution in [3.63, 3.8) is 0 Å². The van der Waals surface area contributed by atoms with Crippen molar-refractivity contribution in [1.29, 1.82) is 0 Å². The zero-order valence-corrected chi connectivity index (χ0v) is 15.6. The molecule has 0 saturated carbocycles. The summed E-state index contributed by atoms with van der Waals surface area (Å²) in [5, 5.41) is 6.06. The lowest BCUT2D eigenvalue weighted by molar-refractivity contribution is 0.0954. The number of hydrogen-bond acceptors (Lipinski definition) is 4. The minimum Gasteiger partial charge on any atom is -0.497 e. The van der Waals surface area contributed by atoms with Gasteiger partial charge in [-0.25, -0.2) is 9.37 Å². The fourth-order valence-corrected chi connectivity index (χ4v) is 2.68. The lowest BCUT2D eigenvalue weighted by Crippen LogP contribution is -2.25. The van der Waals surface area contributed by atoms with Crippen LogP contribution in [0.2, 0.25) is 0 Å². The monoisotopic (exact) mass is 379 g/mol. The highest BCUT2D eigenvalue weighted by Crippen LogP contribution is 2.12. The van der Waals surface area contributed by atoms with Crippen LogP contribution in [0.4, 0.5) is 10.2 Å². The zero-order valence-electron chi connectivity index (χ0n) is 15.6. The maximum absolute atomic E-state index is 13.0. The SMILES string of the molecule is COc1ccc(CCNC(=O)c2ccnc(NCc3ccc(F)cc3)c2)cc1. The number of benzene rings is 2. The third-order valence-corrected chi connectivity index (χ3v) is 4.27. The number of pyridine rings is 1. The first-order valence-corrected chi connectivity index (χ1v) is 8.99. The second-order valence-corrected chi connectivity index (χ2v) is 6.26. The molecule has 5 nitrogen and oxygen atoms in total. The number of carbonyl (C=O) groups excluding carboxylic acids is 1. The van der Waals surface area contributed by atoms with Gasteiger partial charge in [0.25, 0.3) is 5.91 Å². The van der Waals surface area contributed by atoms with Gasteiger partial charge in [-0.05, 0) is 53.9 Å². The summed E-state index contributed by atoms with van der Waals surface area (Å²) >= 11 is 0. The van der Waals surface area contributed by atoms with Gasteiger partial charge in [-0.15, -0.1) is 0 Å². The molecule has 144 valence electrons. The van der Waals surface area contributed by atoms with Gasteiger partial charge in [0.2, 0.25) is 0 Å². The molecule has 6 heteroatoms. The predicted molar refractivity (Wildman–Crippen MR) is 107 cm³/mol. The van der Waals surface area contributed by atoms with Crippen molar-refractivity contribution in [3.8, 4) is 5.75 Å². The smallest absolute Gasteiger partial charge is 0.251 e. The van der Waals surface area contributed by atoms with Crippen molar-refractivity contribution < 1.29 is 13.9 Å². The molecule has 0 aliphatic heterocycles. The molecule has 3 rings (SSSR count).